The van der Waals surface area contributed by atoms with Crippen LogP contribution in [0.4, 0.5) is 0 Å². The molecule has 11 heteroatoms. The predicted molar refractivity (Wildman–Crippen MR) is 135 cm³/mol. The molecule has 1 aliphatic heterocycles. The van der Waals surface area contributed by atoms with Crippen LogP contribution in [0.5, 0.6) is 5.75 Å². The van der Waals surface area contributed by atoms with Crippen LogP contribution in [0, 0.1) is 26.2 Å². The van der Waals surface area contributed by atoms with Crippen molar-refractivity contribution in [2.24, 2.45) is 5.73 Å². The molecule has 1 heterocycles. The Bertz CT molecular complexity index is 1190. The smallest absolute Gasteiger partial charge is 0.264 e. The molecule has 1 aromatic rings. The first-order valence-electron chi connectivity index (χ1n) is 10.9. The summed E-state index contributed by atoms with van der Waals surface area (Å²) in [5, 5.41) is 10.8. The van der Waals surface area contributed by atoms with Crippen molar-refractivity contribution in [1.29, 1.82) is 5.41 Å². The van der Waals surface area contributed by atoms with Gasteiger partial charge in [-0.25, -0.2) is 13.1 Å². The Morgan fingerprint density at radius 1 is 1.32 bits per heavy atom. The minimum absolute atomic E-state index is 0.132. The van der Waals surface area contributed by atoms with Crippen LogP contribution in [0.25, 0.3) is 0 Å². The lowest BCUT2D eigenvalue weighted by molar-refractivity contribution is -0.125. The number of ether oxygens (including phenoxy) is 1. The van der Waals surface area contributed by atoms with Crippen molar-refractivity contribution in [3.63, 3.8) is 0 Å². The minimum Gasteiger partial charge on any atom is -0.496 e. The monoisotopic (exact) mass is 505 g/mol. The van der Waals surface area contributed by atoms with E-state index in [4.69, 9.17) is 15.9 Å². The van der Waals surface area contributed by atoms with Gasteiger partial charge in [-0.2, -0.15) is 0 Å². The van der Waals surface area contributed by atoms with Crippen molar-refractivity contribution >= 4 is 33.8 Å². The summed E-state index contributed by atoms with van der Waals surface area (Å²) >= 11 is 1.37. The molecular weight excluding hydrogens is 474 g/mol. The first-order valence-corrected chi connectivity index (χ1v) is 13.2. The molecule has 184 valence electrons. The topological polar surface area (TPSA) is 138 Å². The van der Waals surface area contributed by atoms with Crippen LogP contribution in [-0.4, -0.2) is 44.3 Å². The average Bonchev–Trinajstić information content (AvgIpc) is 3.22. The van der Waals surface area contributed by atoms with E-state index < -0.39 is 16.1 Å². The summed E-state index contributed by atoms with van der Waals surface area (Å²) in [7, 11) is -2.42. The Balaban J connectivity index is 1.49. The van der Waals surface area contributed by atoms with E-state index in [2.05, 4.69) is 10.0 Å². The minimum atomic E-state index is -3.95. The maximum atomic E-state index is 12.9. The van der Waals surface area contributed by atoms with Crippen LogP contribution >= 0.6 is 11.9 Å². The van der Waals surface area contributed by atoms with E-state index in [1.54, 1.807) is 31.1 Å². The normalized spacial score (nSPS) is 15.9. The lowest BCUT2D eigenvalue weighted by Gasteiger charge is -2.19. The summed E-state index contributed by atoms with van der Waals surface area (Å²) in [6, 6.07) is 0.987. The van der Waals surface area contributed by atoms with Crippen molar-refractivity contribution in [3.05, 3.63) is 57.7 Å². The second-order valence-corrected chi connectivity index (χ2v) is 10.8. The molecule has 9 nitrogen and oxygen atoms in total. The summed E-state index contributed by atoms with van der Waals surface area (Å²) in [6.45, 7) is 5.49. The zero-order valence-electron chi connectivity index (χ0n) is 19.8. The Kier molecular flexibility index (Phi) is 8.11. The summed E-state index contributed by atoms with van der Waals surface area (Å²) in [6.07, 6.45) is 9.52. The number of hydrogen-bond acceptors (Lipinski definition) is 7. The Morgan fingerprint density at radius 3 is 2.74 bits per heavy atom. The number of sulfonamides is 1. The molecule has 1 aromatic carbocycles. The second kappa shape index (κ2) is 10.7. The van der Waals surface area contributed by atoms with Gasteiger partial charge in [0.25, 0.3) is 15.9 Å². The lowest BCUT2D eigenvalue weighted by Crippen LogP contribution is -2.42. The van der Waals surface area contributed by atoms with Gasteiger partial charge >= 0.3 is 0 Å². The lowest BCUT2D eigenvalue weighted by atomic mass is 10.1. The van der Waals surface area contributed by atoms with Crippen LogP contribution in [0.15, 0.2) is 45.9 Å². The van der Waals surface area contributed by atoms with Gasteiger partial charge in [0.15, 0.2) is 0 Å². The molecule has 5 N–H and O–H groups in total. The highest BCUT2D eigenvalue weighted by Gasteiger charge is 2.28. The third-order valence-electron chi connectivity index (χ3n) is 5.74. The number of aryl methyl sites for hydroxylation is 1. The number of amides is 1. The largest absolute Gasteiger partial charge is 0.496 e. The van der Waals surface area contributed by atoms with Crippen LogP contribution in [-0.2, 0) is 14.8 Å². The molecule has 1 atom stereocenters. The predicted octanol–water partition coefficient (Wildman–Crippen LogP) is 2.75. The Labute approximate surface area is 205 Å². The number of nitrogens with two attached hydrogens (primary N) is 1. The number of allylic oxidation sites excluding steroid dienone is 4. The Hall–Kier alpha value is -2.76. The maximum Gasteiger partial charge on any atom is 0.264 e. The first-order chi connectivity index (χ1) is 16.0. The molecule has 1 aliphatic carbocycles. The highest BCUT2D eigenvalue weighted by Crippen LogP contribution is 2.39. The SMILES string of the molecule is COc1cc(C)c(S(=O)(=O)NC(=N)NCCC[C@H](N)C(=O)N2C=C3CC=CC=C3S2)c(C)c1C. The molecule has 0 unspecified atom stereocenters. The number of rotatable bonds is 8. The van der Waals surface area contributed by atoms with Crippen molar-refractivity contribution in [1.82, 2.24) is 14.3 Å². The Morgan fingerprint density at radius 2 is 2.06 bits per heavy atom. The van der Waals surface area contributed by atoms with Gasteiger partial charge in [0.05, 0.1) is 18.0 Å². The number of nitrogens with zero attached hydrogens (tertiary/aromatic N) is 1. The van der Waals surface area contributed by atoms with E-state index in [1.807, 2.05) is 24.4 Å². The van der Waals surface area contributed by atoms with Gasteiger partial charge in [-0.05, 0) is 86.4 Å². The van der Waals surface area contributed by atoms with Gasteiger partial charge < -0.3 is 15.8 Å². The van der Waals surface area contributed by atoms with Gasteiger partial charge in [-0.15, -0.1) is 0 Å². The second-order valence-electron chi connectivity index (χ2n) is 8.20. The highest BCUT2D eigenvalue weighted by molar-refractivity contribution is 8.02. The summed E-state index contributed by atoms with van der Waals surface area (Å²) in [5.41, 5.74) is 9.02. The molecule has 3 rings (SSSR count). The van der Waals surface area contributed by atoms with Crippen LogP contribution in [0.3, 0.4) is 0 Å². The molecular formula is C23H31N5O4S2. The fraction of sp³-hybridized carbons (Fsp3) is 0.391. The zero-order valence-corrected chi connectivity index (χ0v) is 21.4. The summed E-state index contributed by atoms with van der Waals surface area (Å²) in [5.74, 6) is 0.101. The number of guanidine groups is 1. The van der Waals surface area contributed by atoms with Gasteiger partial charge in [0, 0.05) is 17.6 Å². The van der Waals surface area contributed by atoms with Crippen molar-refractivity contribution < 1.29 is 17.9 Å². The molecule has 0 aromatic heterocycles. The number of nitrogens with one attached hydrogen (secondary N) is 3. The van der Waals surface area contributed by atoms with E-state index in [0.717, 1.165) is 22.5 Å². The third kappa shape index (κ3) is 5.65. The molecule has 0 saturated carbocycles. The van der Waals surface area contributed by atoms with Gasteiger partial charge in [0.2, 0.25) is 5.96 Å². The number of methoxy groups -OCH3 is 1. The van der Waals surface area contributed by atoms with E-state index >= 15 is 0 Å². The fourth-order valence-electron chi connectivity index (χ4n) is 3.84. The number of benzene rings is 1. The number of fused-ring (bicyclic) bond motifs is 1. The van der Waals surface area contributed by atoms with Gasteiger partial charge in [-0.3, -0.25) is 14.5 Å². The molecule has 0 fully saturated rings. The molecule has 1 amide bonds. The number of carbonyl (C=O) groups excluding carboxylic acids is 1. The molecule has 0 radical (unpaired) electrons. The fourth-order valence-corrected chi connectivity index (χ4v) is 6.33. The van der Waals surface area contributed by atoms with E-state index in [0.29, 0.717) is 36.3 Å². The molecule has 34 heavy (non-hydrogen) atoms. The standard InChI is InChI=1S/C23H31N5O4S2/c1-14-12-19(32-4)15(2)16(3)21(14)34(30,31)27-23(25)26-11-7-9-18(24)22(29)28-13-17-8-5-6-10-20(17)33-28/h5-6,10,12-13,18H,7-9,11,24H2,1-4H3,(H3,25,26,27)/t18-/m0/s1. The van der Waals surface area contributed by atoms with Crippen LogP contribution in [0.2, 0.25) is 0 Å². The third-order valence-corrected chi connectivity index (χ3v) is 8.45. The highest BCUT2D eigenvalue weighted by atomic mass is 32.2. The number of carbonyl (C=O) groups is 1. The van der Waals surface area contributed by atoms with Crippen molar-refractivity contribution in [2.45, 2.75) is 51.0 Å². The maximum absolute atomic E-state index is 12.9. The van der Waals surface area contributed by atoms with E-state index in [1.165, 1.54) is 19.1 Å². The molecule has 0 bridgehead atoms. The molecule has 0 spiro atoms. The van der Waals surface area contributed by atoms with Crippen LogP contribution < -0.4 is 20.5 Å². The number of hydrogen-bond donors (Lipinski definition) is 4. The van der Waals surface area contributed by atoms with Gasteiger partial charge in [-0.1, -0.05) is 12.2 Å². The van der Waals surface area contributed by atoms with Gasteiger partial charge in [0.1, 0.15) is 5.75 Å². The van der Waals surface area contributed by atoms with Crippen LogP contribution in [0.1, 0.15) is 36.0 Å². The van der Waals surface area contributed by atoms with E-state index in [-0.39, 0.29) is 16.8 Å². The molecule has 2 aliphatic rings. The average molecular weight is 506 g/mol. The van der Waals surface area contributed by atoms with E-state index in [9.17, 15) is 13.2 Å². The first kappa shape index (κ1) is 25.9. The summed E-state index contributed by atoms with van der Waals surface area (Å²) in [4.78, 5) is 13.8. The zero-order chi connectivity index (χ0) is 25.0. The molecule has 0 saturated heterocycles. The quantitative estimate of drug-likeness (QED) is 0.184. The summed E-state index contributed by atoms with van der Waals surface area (Å²) < 4.78 is 34.9. The van der Waals surface area contributed by atoms with Crippen molar-refractivity contribution in [2.75, 3.05) is 13.7 Å². The van der Waals surface area contributed by atoms with Crippen molar-refractivity contribution in [3.8, 4) is 5.75 Å².